The van der Waals surface area contributed by atoms with Crippen molar-refractivity contribution in [2.45, 2.75) is 51.7 Å². The molecular formula is C23H25NO. The summed E-state index contributed by atoms with van der Waals surface area (Å²) in [7, 11) is 0. The van der Waals surface area contributed by atoms with Gasteiger partial charge in [-0.25, -0.2) is 0 Å². The maximum Gasteiger partial charge on any atom is 0.129 e. The van der Waals surface area contributed by atoms with E-state index in [9.17, 15) is 0 Å². The van der Waals surface area contributed by atoms with Gasteiger partial charge in [0.2, 0.25) is 0 Å². The van der Waals surface area contributed by atoms with Gasteiger partial charge in [0.15, 0.2) is 0 Å². The first-order valence-corrected chi connectivity index (χ1v) is 9.46. The molecule has 2 unspecified atom stereocenters. The van der Waals surface area contributed by atoms with Crippen LogP contribution in [0.4, 0.5) is 0 Å². The Morgan fingerprint density at radius 3 is 2.80 bits per heavy atom. The van der Waals surface area contributed by atoms with E-state index in [1.807, 2.05) is 0 Å². The lowest BCUT2D eigenvalue weighted by Crippen LogP contribution is -2.37. The van der Waals surface area contributed by atoms with Gasteiger partial charge in [-0.05, 0) is 74.4 Å². The van der Waals surface area contributed by atoms with E-state index in [4.69, 9.17) is 4.74 Å². The van der Waals surface area contributed by atoms with Gasteiger partial charge in [0.1, 0.15) is 11.4 Å². The summed E-state index contributed by atoms with van der Waals surface area (Å²) >= 11 is 0. The molecule has 128 valence electrons. The first-order chi connectivity index (χ1) is 12.0. The molecule has 25 heavy (non-hydrogen) atoms. The Morgan fingerprint density at radius 2 is 1.92 bits per heavy atom. The second-order valence-electron chi connectivity index (χ2n) is 8.29. The van der Waals surface area contributed by atoms with Crippen molar-refractivity contribution < 1.29 is 4.74 Å². The molecule has 2 aromatic carbocycles. The summed E-state index contributed by atoms with van der Waals surface area (Å²) in [6, 6.07) is 13.6. The van der Waals surface area contributed by atoms with Crippen LogP contribution in [0.25, 0.3) is 16.3 Å². The molecule has 5 rings (SSSR count). The van der Waals surface area contributed by atoms with E-state index in [0.29, 0.717) is 12.0 Å². The molecule has 2 bridgehead atoms. The van der Waals surface area contributed by atoms with Crippen molar-refractivity contribution in [1.82, 2.24) is 5.32 Å². The monoisotopic (exact) mass is 331 g/mol. The van der Waals surface area contributed by atoms with E-state index in [-0.39, 0.29) is 5.60 Å². The zero-order valence-corrected chi connectivity index (χ0v) is 15.2. The average Bonchev–Trinajstić information content (AvgIpc) is 2.73. The second-order valence-corrected chi connectivity index (χ2v) is 8.29. The fraction of sp³-hybridized carbons (Fsp3) is 0.391. The van der Waals surface area contributed by atoms with Crippen LogP contribution in [0.1, 0.15) is 45.6 Å². The van der Waals surface area contributed by atoms with Crippen molar-refractivity contribution in [3.05, 3.63) is 59.3 Å². The molecule has 2 heterocycles. The van der Waals surface area contributed by atoms with Gasteiger partial charge in [0.25, 0.3) is 0 Å². The van der Waals surface area contributed by atoms with Crippen LogP contribution >= 0.6 is 0 Å². The Labute approximate surface area is 149 Å². The number of ether oxygens (including phenoxy) is 1. The van der Waals surface area contributed by atoms with Crippen LogP contribution in [0, 0.1) is 5.92 Å². The molecule has 2 nitrogen and oxygen atoms in total. The van der Waals surface area contributed by atoms with Crippen molar-refractivity contribution in [3.8, 4) is 5.75 Å². The first kappa shape index (κ1) is 15.1. The predicted molar refractivity (Wildman–Crippen MR) is 104 cm³/mol. The Morgan fingerprint density at radius 1 is 1.08 bits per heavy atom. The van der Waals surface area contributed by atoms with E-state index in [1.54, 1.807) is 0 Å². The van der Waals surface area contributed by atoms with Gasteiger partial charge < -0.3 is 10.1 Å². The molecule has 0 amide bonds. The molecule has 2 aliphatic heterocycles. The van der Waals surface area contributed by atoms with Crippen LogP contribution < -0.4 is 10.1 Å². The number of nitrogens with one attached hydrogen (secondary N) is 1. The topological polar surface area (TPSA) is 21.3 Å². The summed E-state index contributed by atoms with van der Waals surface area (Å²) in [4.78, 5) is 0. The van der Waals surface area contributed by atoms with E-state index < -0.39 is 0 Å². The van der Waals surface area contributed by atoms with E-state index in [0.717, 1.165) is 12.2 Å². The number of hydrogen-bond acceptors (Lipinski definition) is 2. The summed E-state index contributed by atoms with van der Waals surface area (Å²) < 4.78 is 6.50. The summed E-state index contributed by atoms with van der Waals surface area (Å²) in [6.07, 6.45) is 5.96. The van der Waals surface area contributed by atoms with Crippen molar-refractivity contribution >= 4 is 16.3 Å². The largest absolute Gasteiger partial charge is 0.482 e. The minimum atomic E-state index is -0.288. The standard InChI is InChI=1S/C23H25NO/c1-14-8-9-16-12-17(24-14)13-19-21(16)22-18-7-5-4-6-15(18)10-11-20(22)25-23(19,2)3/h4-7,10-11,13-14,16,24H,8-9,12H2,1-3H3. The Balaban J connectivity index is 1.82. The third-order valence-electron chi connectivity index (χ3n) is 6.04. The molecule has 2 atom stereocenters. The molecule has 0 spiro atoms. The van der Waals surface area contributed by atoms with Gasteiger partial charge in [-0.1, -0.05) is 30.3 Å². The predicted octanol–water partition coefficient (Wildman–Crippen LogP) is 5.44. The summed E-state index contributed by atoms with van der Waals surface area (Å²) in [5, 5.41) is 6.34. The van der Waals surface area contributed by atoms with Crippen LogP contribution in [-0.4, -0.2) is 11.6 Å². The summed E-state index contributed by atoms with van der Waals surface area (Å²) in [6.45, 7) is 6.71. The van der Waals surface area contributed by atoms with Crippen LogP contribution in [0.5, 0.6) is 5.75 Å². The maximum absolute atomic E-state index is 6.50. The van der Waals surface area contributed by atoms with Gasteiger partial charge in [-0.3, -0.25) is 0 Å². The third kappa shape index (κ3) is 2.23. The zero-order chi connectivity index (χ0) is 17.2. The highest BCUT2D eigenvalue weighted by Crippen LogP contribution is 2.52. The first-order valence-electron chi connectivity index (χ1n) is 9.46. The van der Waals surface area contributed by atoms with Gasteiger partial charge in [0, 0.05) is 22.9 Å². The Hall–Kier alpha value is -2.22. The minimum absolute atomic E-state index is 0.288. The molecule has 1 saturated heterocycles. The molecule has 2 heteroatoms. The molecule has 2 aromatic rings. The molecule has 0 radical (unpaired) electrons. The van der Waals surface area contributed by atoms with E-state index in [2.05, 4.69) is 68.6 Å². The number of rotatable bonds is 0. The van der Waals surface area contributed by atoms with Crippen LogP contribution in [0.2, 0.25) is 0 Å². The minimum Gasteiger partial charge on any atom is -0.482 e. The summed E-state index contributed by atoms with van der Waals surface area (Å²) in [5.41, 5.74) is 5.33. The lowest BCUT2D eigenvalue weighted by Gasteiger charge is -2.41. The van der Waals surface area contributed by atoms with Crippen LogP contribution in [0.15, 0.2) is 53.7 Å². The number of allylic oxidation sites excluding steroid dienone is 2. The van der Waals surface area contributed by atoms with E-state index in [1.165, 1.54) is 46.0 Å². The van der Waals surface area contributed by atoms with Gasteiger partial charge in [0.05, 0.1) is 0 Å². The summed E-state index contributed by atoms with van der Waals surface area (Å²) in [5.74, 6) is 1.63. The lowest BCUT2D eigenvalue weighted by atomic mass is 9.73. The smallest absolute Gasteiger partial charge is 0.129 e. The zero-order valence-electron chi connectivity index (χ0n) is 15.2. The molecule has 0 aromatic heterocycles. The highest BCUT2D eigenvalue weighted by molar-refractivity contribution is 5.99. The molecule has 3 aliphatic rings. The Kier molecular flexibility index (Phi) is 3.10. The van der Waals surface area contributed by atoms with Crippen molar-refractivity contribution in [3.63, 3.8) is 0 Å². The van der Waals surface area contributed by atoms with Gasteiger partial charge in [-0.2, -0.15) is 0 Å². The number of fused-ring (bicyclic) bond motifs is 7. The molecule has 1 aliphatic carbocycles. The van der Waals surface area contributed by atoms with Crippen molar-refractivity contribution in [1.29, 1.82) is 0 Å². The fourth-order valence-corrected chi connectivity index (χ4v) is 4.87. The SMILES string of the molecule is CC1CCC2CC(=CC3=C2c2c(ccc4ccccc24)OC3(C)C)N1. The van der Waals surface area contributed by atoms with E-state index >= 15 is 0 Å². The maximum atomic E-state index is 6.50. The van der Waals surface area contributed by atoms with Gasteiger partial charge >= 0.3 is 0 Å². The van der Waals surface area contributed by atoms with Crippen molar-refractivity contribution in [2.75, 3.05) is 0 Å². The lowest BCUT2D eigenvalue weighted by molar-refractivity contribution is 0.146. The fourth-order valence-electron chi connectivity index (χ4n) is 4.87. The molecule has 1 fully saturated rings. The molecular weight excluding hydrogens is 306 g/mol. The number of hydrogen-bond donors (Lipinski definition) is 1. The highest BCUT2D eigenvalue weighted by Gasteiger charge is 2.40. The van der Waals surface area contributed by atoms with Crippen LogP contribution in [-0.2, 0) is 0 Å². The average molecular weight is 331 g/mol. The van der Waals surface area contributed by atoms with Crippen LogP contribution in [0.3, 0.4) is 0 Å². The highest BCUT2D eigenvalue weighted by atomic mass is 16.5. The normalized spacial score (nSPS) is 26.8. The number of benzene rings is 2. The van der Waals surface area contributed by atoms with Gasteiger partial charge in [-0.15, -0.1) is 0 Å². The molecule has 1 N–H and O–H groups in total. The third-order valence-corrected chi connectivity index (χ3v) is 6.04. The van der Waals surface area contributed by atoms with Crippen molar-refractivity contribution in [2.24, 2.45) is 5.92 Å². The molecule has 0 saturated carbocycles. The second kappa shape index (κ2) is 5.14. The Bertz CT molecular complexity index is 934. The quantitative estimate of drug-likeness (QED) is 0.694.